The molecule has 0 aromatic heterocycles. The van der Waals surface area contributed by atoms with E-state index in [2.05, 4.69) is 5.32 Å². The summed E-state index contributed by atoms with van der Waals surface area (Å²) < 4.78 is 15.7. The maximum atomic E-state index is 10.2. The van der Waals surface area contributed by atoms with Gasteiger partial charge in [0.1, 0.15) is 42.7 Å². The average molecular weight is 355 g/mol. The summed E-state index contributed by atoms with van der Waals surface area (Å²) in [7, 11) is 1.50. The second-order valence-electron chi connectivity index (χ2n) is 5.89. The van der Waals surface area contributed by atoms with E-state index in [0.29, 0.717) is 0 Å². The molecule has 11 heteroatoms. The third-order valence-corrected chi connectivity index (χ3v) is 4.30. The Bertz CT molecular complexity index is 401. The van der Waals surface area contributed by atoms with Crippen LogP contribution in [-0.4, -0.2) is 117 Å². The molecule has 0 unspecified atom stereocenters. The molecule has 0 aliphatic carbocycles. The van der Waals surface area contributed by atoms with Gasteiger partial charge in [-0.2, -0.15) is 0 Å². The molecular formula is C13H25NO10. The fourth-order valence-electron chi connectivity index (χ4n) is 2.81. The number of aliphatic hydroxyl groups excluding tert-OH is 7. The van der Waals surface area contributed by atoms with Crippen molar-refractivity contribution in [3.63, 3.8) is 0 Å². The van der Waals surface area contributed by atoms with E-state index in [-0.39, 0.29) is 6.61 Å². The van der Waals surface area contributed by atoms with Crippen LogP contribution in [0.1, 0.15) is 0 Å². The molecule has 2 aliphatic heterocycles. The van der Waals surface area contributed by atoms with Crippen LogP contribution in [-0.2, 0) is 14.2 Å². The zero-order valence-electron chi connectivity index (χ0n) is 13.0. The molecule has 0 aromatic rings. The van der Waals surface area contributed by atoms with Crippen LogP contribution < -0.4 is 5.32 Å². The Labute approximate surface area is 138 Å². The first-order chi connectivity index (χ1) is 11.3. The first-order valence-electron chi connectivity index (χ1n) is 7.60. The van der Waals surface area contributed by atoms with Gasteiger partial charge in [-0.3, -0.25) is 0 Å². The number of nitrogens with one attached hydrogen (secondary N) is 1. The van der Waals surface area contributed by atoms with Crippen molar-refractivity contribution in [2.24, 2.45) is 0 Å². The number of rotatable bonds is 5. The Hall–Kier alpha value is -0.440. The van der Waals surface area contributed by atoms with Gasteiger partial charge in [0, 0.05) is 0 Å². The molecule has 0 saturated carbocycles. The summed E-state index contributed by atoms with van der Waals surface area (Å²) in [6.45, 7) is -0.945. The van der Waals surface area contributed by atoms with Gasteiger partial charge in [0.2, 0.25) is 0 Å². The number of likely N-dealkylation sites (N-methyl/N-ethyl adjacent to an activating group) is 1. The van der Waals surface area contributed by atoms with Gasteiger partial charge in [-0.05, 0) is 7.05 Å². The quantitative estimate of drug-likeness (QED) is 0.236. The molecular weight excluding hydrogens is 330 g/mol. The molecule has 10 atom stereocenters. The Balaban J connectivity index is 2.07. The summed E-state index contributed by atoms with van der Waals surface area (Å²) in [5.41, 5.74) is 0. The van der Waals surface area contributed by atoms with E-state index < -0.39 is 68.0 Å². The van der Waals surface area contributed by atoms with Crippen LogP contribution in [0.3, 0.4) is 0 Å². The first kappa shape index (κ1) is 19.9. The molecule has 2 rings (SSSR count). The predicted octanol–water partition coefficient (Wildman–Crippen LogP) is -5.17. The highest BCUT2D eigenvalue weighted by molar-refractivity contribution is 4.94. The van der Waals surface area contributed by atoms with Crippen molar-refractivity contribution in [1.82, 2.24) is 5.32 Å². The molecule has 2 fully saturated rings. The second-order valence-corrected chi connectivity index (χ2v) is 5.89. The lowest BCUT2D eigenvalue weighted by Gasteiger charge is -2.44. The van der Waals surface area contributed by atoms with Crippen molar-refractivity contribution >= 4 is 0 Å². The zero-order valence-corrected chi connectivity index (χ0v) is 13.0. The van der Waals surface area contributed by atoms with Gasteiger partial charge in [0.15, 0.2) is 12.6 Å². The van der Waals surface area contributed by atoms with Gasteiger partial charge in [-0.25, -0.2) is 0 Å². The van der Waals surface area contributed by atoms with E-state index in [9.17, 15) is 30.6 Å². The molecule has 2 heterocycles. The van der Waals surface area contributed by atoms with E-state index in [1.807, 2.05) is 0 Å². The summed E-state index contributed by atoms with van der Waals surface area (Å²) >= 11 is 0. The van der Waals surface area contributed by atoms with Crippen LogP contribution in [0.5, 0.6) is 0 Å². The minimum Gasteiger partial charge on any atom is -0.394 e. The molecule has 142 valence electrons. The van der Waals surface area contributed by atoms with E-state index in [1.165, 1.54) is 7.05 Å². The van der Waals surface area contributed by atoms with Crippen molar-refractivity contribution in [2.45, 2.75) is 61.3 Å². The monoisotopic (exact) mass is 355 g/mol. The number of aliphatic hydroxyl groups is 7. The first-order valence-corrected chi connectivity index (χ1v) is 7.60. The average Bonchev–Trinajstić information content (AvgIpc) is 2.57. The standard InChI is InChI=1S/C13H25NO10/c1-14-6-7(17)5(3-22-12(6)21)23-13-10(20)8(18)9(19)11(24-13)4(16)2-15/h4-21H,2-3H2,1H3/t4-,5-,6-,7+,8+,9+,10+,11-,12+,13+/m1/s1. The molecule has 24 heavy (non-hydrogen) atoms. The highest BCUT2D eigenvalue weighted by Crippen LogP contribution is 2.27. The summed E-state index contributed by atoms with van der Waals surface area (Å²) in [4.78, 5) is 0. The highest BCUT2D eigenvalue weighted by atomic mass is 16.7. The lowest BCUT2D eigenvalue weighted by molar-refractivity contribution is -0.339. The molecule has 0 bridgehead atoms. The molecule has 0 spiro atoms. The molecule has 8 N–H and O–H groups in total. The summed E-state index contributed by atoms with van der Waals surface area (Å²) in [6.07, 6.45) is -12.9. The topological polar surface area (TPSA) is 181 Å². The van der Waals surface area contributed by atoms with Crippen LogP contribution in [0.2, 0.25) is 0 Å². The third-order valence-electron chi connectivity index (χ3n) is 4.30. The molecule has 11 nitrogen and oxygen atoms in total. The Kier molecular flexibility index (Phi) is 6.87. The van der Waals surface area contributed by atoms with E-state index in [4.69, 9.17) is 19.3 Å². The fraction of sp³-hybridized carbons (Fsp3) is 1.00. The van der Waals surface area contributed by atoms with Crippen molar-refractivity contribution < 1.29 is 50.0 Å². The van der Waals surface area contributed by atoms with Gasteiger partial charge < -0.3 is 55.3 Å². The van der Waals surface area contributed by atoms with Crippen molar-refractivity contribution in [3.8, 4) is 0 Å². The van der Waals surface area contributed by atoms with Crippen LogP contribution in [0, 0.1) is 0 Å². The van der Waals surface area contributed by atoms with Crippen molar-refractivity contribution in [1.29, 1.82) is 0 Å². The number of ether oxygens (including phenoxy) is 3. The van der Waals surface area contributed by atoms with Gasteiger partial charge in [-0.15, -0.1) is 0 Å². The predicted molar refractivity (Wildman–Crippen MR) is 75.5 cm³/mol. The minimum absolute atomic E-state index is 0.209. The smallest absolute Gasteiger partial charge is 0.187 e. The second kappa shape index (κ2) is 8.29. The largest absolute Gasteiger partial charge is 0.394 e. The molecule has 0 radical (unpaired) electrons. The van der Waals surface area contributed by atoms with Crippen LogP contribution in [0.4, 0.5) is 0 Å². The van der Waals surface area contributed by atoms with E-state index >= 15 is 0 Å². The summed E-state index contributed by atoms with van der Waals surface area (Å²) in [5.74, 6) is 0. The van der Waals surface area contributed by atoms with Crippen LogP contribution in [0.25, 0.3) is 0 Å². The van der Waals surface area contributed by atoms with Gasteiger partial charge >= 0.3 is 0 Å². The maximum absolute atomic E-state index is 10.2. The SMILES string of the molecule is CN[C@@H]1[C@@H](O)[C@H](O[C@H]2O[C@H]([C@H](O)CO)[C@@H](O)[C@H](O)[C@@H]2O)CO[C@@H]1O. The van der Waals surface area contributed by atoms with Crippen molar-refractivity contribution in [3.05, 3.63) is 0 Å². The van der Waals surface area contributed by atoms with Gasteiger partial charge in [0.05, 0.1) is 19.3 Å². The van der Waals surface area contributed by atoms with Crippen LogP contribution >= 0.6 is 0 Å². The lowest BCUT2D eigenvalue weighted by Crippen LogP contribution is -2.64. The summed E-state index contributed by atoms with van der Waals surface area (Å²) in [6, 6.07) is -0.848. The fourth-order valence-corrected chi connectivity index (χ4v) is 2.81. The summed E-state index contributed by atoms with van der Waals surface area (Å²) in [5, 5.41) is 70.8. The molecule has 2 aliphatic rings. The maximum Gasteiger partial charge on any atom is 0.187 e. The third kappa shape index (κ3) is 3.86. The normalized spacial score (nSPS) is 48.2. The highest BCUT2D eigenvalue weighted by Gasteiger charge is 2.49. The van der Waals surface area contributed by atoms with Gasteiger partial charge in [-0.1, -0.05) is 0 Å². The van der Waals surface area contributed by atoms with E-state index in [1.54, 1.807) is 0 Å². The molecule has 0 aromatic carbocycles. The number of hydrogen-bond acceptors (Lipinski definition) is 11. The molecule has 0 amide bonds. The lowest BCUT2D eigenvalue weighted by atomic mass is 9.95. The zero-order chi connectivity index (χ0) is 18.0. The van der Waals surface area contributed by atoms with Gasteiger partial charge in [0.25, 0.3) is 0 Å². The Morgan fingerprint density at radius 2 is 1.75 bits per heavy atom. The minimum atomic E-state index is -1.69. The molecule has 2 saturated heterocycles. The number of hydrogen-bond donors (Lipinski definition) is 8. The van der Waals surface area contributed by atoms with Crippen LogP contribution in [0.15, 0.2) is 0 Å². The van der Waals surface area contributed by atoms with E-state index in [0.717, 1.165) is 0 Å². The Morgan fingerprint density at radius 3 is 2.33 bits per heavy atom. The Morgan fingerprint density at radius 1 is 1.08 bits per heavy atom. The van der Waals surface area contributed by atoms with Crippen molar-refractivity contribution in [2.75, 3.05) is 20.3 Å².